The Morgan fingerprint density at radius 2 is 2.10 bits per heavy atom. The molecule has 224 valence electrons. The highest BCUT2D eigenvalue weighted by molar-refractivity contribution is 8.00. The third-order valence-corrected chi connectivity index (χ3v) is 12.1. The van der Waals surface area contributed by atoms with Crippen LogP contribution < -0.4 is 15.4 Å². The third-order valence-electron chi connectivity index (χ3n) is 10.4. The van der Waals surface area contributed by atoms with Crippen LogP contribution in [0.1, 0.15) is 50.5 Å². The van der Waals surface area contributed by atoms with E-state index in [1.54, 1.807) is 7.11 Å². The minimum Gasteiger partial charge on any atom is -0.497 e. The molecule has 9 heteroatoms. The number of likely N-dealkylation sites (N-methyl/N-ethyl adjacent to an activating group) is 1. The molecule has 4 fully saturated rings. The van der Waals surface area contributed by atoms with E-state index in [2.05, 4.69) is 75.0 Å². The molecule has 8 nitrogen and oxygen atoms in total. The lowest BCUT2D eigenvalue weighted by Crippen LogP contribution is -2.72. The number of likely N-dealkylation sites (tertiary alicyclic amines) is 1. The average molecular weight is 581 g/mol. The first-order valence-electron chi connectivity index (χ1n) is 15.7. The van der Waals surface area contributed by atoms with Gasteiger partial charge in [0.15, 0.2) is 6.35 Å². The van der Waals surface area contributed by atoms with Crippen molar-refractivity contribution in [3.8, 4) is 11.8 Å². The lowest BCUT2D eigenvalue weighted by atomic mass is 9.73. The number of nitriles is 1. The van der Waals surface area contributed by atoms with Crippen molar-refractivity contribution in [1.29, 1.82) is 5.26 Å². The number of ether oxygens (including phenoxy) is 2. The maximum atomic E-state index is 9.59. The Hall–Kier alpha value is -1.64. The van der Waals surface area contributed by atoms with Crippen LogP contribution in [-0.4, -0.2) is 104 Å². The number of hydrogen-bond donors (Lipinski definition) is 2. The fraction of sp³-hybridized carbons (Fsp3) is 0.719. The van der Waals surface area contributed by atoms with Crippen LogP contribution in [0.3, 0.4) is 0 Å². The number of thioether (sulfide) groups is 1. The number of nitrogens with one attached hydrogen (secondary N) is 2. The molecule has 0 aromatic heterocycles. The highest BCUT2D eigenvalue weighted by Gasteiger charge is 2.50. The maximum Gasteiger partial charge on any atom is 0.164 e. The van der Waals surface area contributed by atoms with E-state index in [0.717, 1.165) is 57.9 Å². The fourth-order valence-corrected chi connectivity index (χ4v) is 9.64. The standard InChI is InChI=1S/C32H48N6O2S/c1-4-15-37-17-18-38(21-24(37)11-14-33)30-27-10-13-32(12-9-23-19-26(39-3)7-8-29(23)41-32)20-28(27)34-31(35-30)40-22-25-6-5-16-36(25)2/h4,7-8,19,24-25,27-28,30-31,34-35H,1,5-6,9-13,15-18,20-22H2,2-3H3/t24?,25?,27?,28?,30?,31?,32-/m1/s1. The molecule has 4 heterocycles. The summed E-state index contributed by atoms with van der Waals surface area (Å²) in [5.74, 6) is 1.48. The van der Waals surface area contributed by atoms with Crippen molar-refractivity contribution in [2.45, 2.75) is 91.7 Å². The highest BCUT2D eigenvalue weighted by atomic mass is 32.2. The number of hydrogen-bond acceptors (Lipinski definition) is 9. The van der Waals surface area contributed by atoms with Gasteiger partial charge < -0.3 is 14.4 Å². The number of nitrogens with zero attached hydrogens (tertiary/aromatic N) is 4. The Kier molecular flexibility index (Phi) is 9.28. The first-order chi connectivity index (χ1) is 20.0. The molecule has 0 amide bonds. The van der Waals surface area contributed by atoms with Gasteiger partial charge in [0, 0.05) is 59.9 Å². The number of rotatable bonds is 8. The molecule has 5 aliphatic rings. The molecule has 1 aromatic rings. The Labute approximate surface area is 250 Å². The molecule has 0 bridgehead atoms. The molecular formula is C32H48N6O2S. The quantitative estimate of drug-likeness (QED) is 0.448. The summed E-state index contributed by atoms with van der Waals surface area (Å²) in [6, 6.07) is 10.2. The summed E-state index contributed by atoms with van der Waals surface area (Å²) >= 11 is 2.11. The van der Waals surface area contributed by atoms with Crippen molar-refractivity contribution in [2.75, 3.05) is 53.5 Å². The molecule has 1 saturated carbocycles. The second-order valence-electron chi connectivity index (χ2n) is 12.8. The van der Waals surface area contributed by atoms with E-state index in [4.69, 9.17) is 9.47 Å². The first kappa shape index (κ1) is 29.4. The zero-order valence-electron chi connectivity index (χ0n) is 24.9. The molecule has 3 saturated heterocycles. The van der Waals surface area contributed by atoms with E-state index in [9.17, 15) is 5.26 Å². The van der Waals surface area contributed by atoms with Crippen molar-refractivity contribution in [3.05, 3.63) is 36.4 Å². The monoisotopic (exact) mass is 580 g/mol. The van der Waals surface area contributed by atoms with E-state index in [0.29, 0.717) is 24.4 Å². The minimum atomic E-state index is -0.156. The normalized spacial score (nSPS) is 36.4. The predicted octanol–water partition coefficient (Wildman–Crippen LogP) is 3.64. The third kappa shape index (κ3) is 6.35. The molecule has 2 N–H and O–H groups in total. The van der Waals surface area contributed by atoms with Gasteiger partial charge in [-0.1, -0.05) is 6.08 Å². The Bertz CT molecular complexity index is 1110. The number of methoxy groups -OCH3 is 1. The zero-order chi connectivity index (χ0) is 28.4. The van der Waals surface area contributed by atoms with Crippen LogP contribution in [-0.2, 0) is 11.2 Å². The molecule has 1 spiro atoms. The van der Waals surface area contributed by atoms with Crippen LogP contribution in [0.15, 0.2) is 35.7 Å². The van der Waals surface area contributed by atoms with Gasteiger partial charge >= 0.3 is 0 Å². The van der Waals surface area contributed by atoms with Gasteiger partial charge in [-0.25, -0.2) is 0 Å². The summed E-state index contributed by atoms with van der Waals surface area (Å²) in [5.41, 5.74) is 1.43. The minimum absolute atomic E-state index is 0.156. The number of piperazine rings is 1. The van der Waals surface area contributed by atoms with Crippen molar-refractivity contribution in [2.24, 2.45) is 5.92 Å². The van der Waals surface area contributed by atoms with Crippen LogP contribution in [0.4, 0.5) is 0 Å². The first-order valence-corrected chi connectivity index (χ1v) is 16.5. The van der Waals surface area contributed by atoms with E-state index in [1.807, 2.05) is 6.08 Å². The SMILES string of the molecule is C=CCN1CCN(C2NC(OCC3CCCN3C)NC3C[C@@]4(CCc5cc(OC)ccc5S4)CCC32)CC1CC#N. The molecule has 0 radical (unpaired) electrons. The largest absolute Gasteiger partial charge is 0.497 e. The van der Waals surface area contributed by atoms with Gasteiger partial charge in [0.05, 0.1) is 32.4 Å². The van der Waals surface area contributed by atoms with Gasteiger partial charge in [-0.05, 0) is 82.3 Å². The van der Waals surface area contributed by atoms with Gasteiger partial charge in [-0.2, -0.15) is 5.26 Å². The average Bonchev–Trinajstić information content (AvgIpc) is 3.40. The lowest BCUT2D eigenvalue weighted by Gasteiger charge is -2.56. The van der Waals surface area contributed by atoms with Crippen molar-refractivity contribution >= 4 is 11.8 Å². The number of fused-ring (bicyclic) bond motifs is 2. The predicted molar refractivity (Wildman–Crippen MR) is 164 cm³/mol. The highest BCUT2D eigenvalue weighted by Crippen LogP contribution is 2.53. The van der Waals surface area contributed by atoms with Gasteiger partial charge in [0.25, 0.3) is 0 Å². The fourth-order valence-electron chi connectivity index (χ4n) is 8.06. The van der Waals surface area contributed by atoms with Gasteiger partial charge in [0.1, 0.15) is 5.75 Å². The molecule has 4 aliphatic heterocycles. The topological polar surface area (TPSA) is 76.0 Å². The number of benzene rings is 1. The van der Waals surface area contributed by atoms with Crippen LogP contribution in [0.25, 0.3) is 0 Å². The number of aryl methyl sites for hydroxylation is 1. The van der Waals surface area contributed by atoms with E-state index >= 15 is 0 Å². The van der Waals surface area contributed by atoms with Crippen molar-refractivity contribution < 1.29 is 9.47 Å². The summed E-state index contributed by atoms with van der Waals surface area (Å²) in [7, 11) is 3.98. The van der Waals surface area contributed by atoms with E-state index in [1.165, 1.54) is 42.6 Å². The molecule has 41 heavy (non-hydrogen) atoms. The summed E-state index contributed by atoms with van der Waals surface area (Å²) in [6.45, 7) is 9.61. The van der Waals surface area contributed by atoms with Crippen molar-refractivity contribution in [3.63, 3.8) is 0 Å². The van der Waals surface area contributed by atoms with Gasteiger partial charge in [-0.3, -0.25) is 20.4 Å². The second-order valence-corrected chi connectivity index (χ2v) is 14.3. The summed E-state index contributed by atoms with van der Waals surface area (Å²) < 4.78 is 12.4. The summed E-state index contributed by atoms with van der Waals surface area (Å²) in [5, 5.41) is 17.5. The van der Waals surface area contributed by atoms with Crippen LogP contribution in [0, 0.1) is 17.2 Å². The van der Waals surface area contributed by atoms with E-state index < -0.39 is 0 Å². The molecule has 1 aliphatic carbocycles. The zero-order valence-corrected chi connectivity index (χ0v) is 25.7. The Morgan fingerprint density at radius 1 is 1.20 bits per heavy atom. The lowest BCUT2D eigenvalue weighted by molar-refractivity contribution is -0.107. The van der Waals surface area contributed by atoms with Gasteiger partial charge in [-0.15, -0.1) is 18.3 Å². The van der Waals surface area contributed by atoms with Crippen LogP contribution in [0.2, 0.25) is 0 Å². The van der Waals surface area contributed by atoms with Crippen LogP contribution in [0.5, 0.6) is 5.75 Å². The summed E-state index contributed by atoms with van der Waals surface area (Å²) in [4.78, 5) is 8.92. The van der Waals surface area contributed by atoms with Crippen molar-refractivity contribution in [1.82, 2.24) is 25.3 Å². The molecule has 6 rings (SSSR count). The van der Waals surface area contributed by atoms with E-state index in [-0.39, 0.29) is 23.3 Å². The summed E-state index contributed by atoms with van der Waals surface area (Å²) in [6.07, 6.45) is 11.0. The molecule has 1 aromatic carbocycles. The Balaban J connectivity index is 1.19. The van der Waals surface area contributed by atoms with Gasteiger partial charge in [0.2, 0.25) is 0 Å². The Morgan fingerprint density at radius 3 is 2.88 bits per heavy atom. The second kappa shape index (κ2) is 12.9. The smallest absolute Gasteiger partial charge is 0.164 e. The molecule has 6 unspecified atom stereocenters. The molecule has 7 atom stereocenters. The molecular weight excluding hydrogens is 532 g/mol. The van der Waals surface area contributed by atoms with Crippen LogP contribution >= 0.6 is 11.8 Å². The maximum absolute atomic E-state index is 9.59.